The summed E-state index contributed by atoms with van der Waals surface area (Å²) in [6.07, 6.45) is 2.57. The zero-order valence-corrected chi connectivity index (χ0v) is 14.6. The summed E-state index contributed by atoms with van der Waals surface area (Å²) in [5.41, 5.74) is 1.10. The standard InChI is InChI=1S/C19H23N3O3/c1-12(2)18-20-17(21-25-18)15-7-5-9-22(15)19(23)14-10-13-6-3-4-8-16(13)24-11-14/h3-4,6,8,12,14-15H,5,7,9-11H2,1-2H3. The topological polar surface area (TPSA) is 68.5 Å². The Morgan fingerprint density at radius 2 is 2.16 bits per heavy atom. The fraction of sp³-hybridized carbons (Fsp3) is 0.526. The van der Waals surface area contributed by atoms with Gasteiger partial charge in [-0.2, -0.15) is 4.98 Å². The molecule has 6 heteroatoms. The predicted octanol–water partition coefficient (Wildman–Crippen LogP) is 3.11. The quantitative estimate of drug-likeness (QED) is 0.858. The number of fused-ring (bicyclic) bond motifs is 1. The van der Waals surface area contributed by atoms with Crippen LogP contribution in [-0.4, -0.2) is 34.1 Å². The first kappa shape index (κ1) is 16.1. The van der Waals surface area contributed by atoms with E-state index in [2.05, 4.69) is 10.1 Å². The molecule has 25 heavy (non-hydrogen) atoms. The molecular formula is C19H23N3O3. The Morgan fingerprint density at radius 3 is 2.96 bits per heavy atom. The maximum atomic E-state index is 13.1. The SMILES string of the molecule is CC(C)c1nc(C2CCCN2C(=O)C2COc3ccccc3C2)no1. The number of ether oxygens (including phenoxy) is 1. The molecule has 6 nitrogen and oxygen atoms in total. The lowest BCUT2D eigenvalue weighted by molar-refractivity contribution is -0.138. The summed E-state index contributed by atoms with van der Waals surface area (Å²) in [7, 11) is 0. The van der Waals surface area contributed by atoms with Gasteiger partial charge in [0.15, 0.2) is 5.82 Å². The number of aromatic nitrogens is 2. The minimum Gasteiger partial charge on any atom is -0.492 e. The molecule has 4 rings (SSSR count). The van der Waals surface area contributed by atoms with Crippen LogP contribution in [-0.2, 0) is 11.2 Å². The highest BCUT2D eigenvalue weighted by Gasteiger charge is 2.38. The molecule has 0 bridgehead atoms. The first-order chi connectivity index (χ1) is 12.1. The average molecular weight is 341 g/mol. The third kappa shape index (κ3) is 3.01. The molecule has 2 atom stereocenters. The number of hydrogen-bond acceptors (Lipinski definition) is 5. The molecule has 0 spiro atoms. The van der Waals surface area contributed by atoms with Crippen molar-refractivity contribution in [3.63, 3.8) is 0 Å². The largest absolute Gasteiger partial charge is 0.492 e. The predicted molar refractivity (Wildman–Crippen MR) is 91.2 cm³/mol. The minimum atomic E-state index is -0.146. The summed E-state index contributed by atoms with van der Waals surface area (Å²) < 4.78 is 11.1. The van der Waals surface area contributed by atoms with E-state index in [1.807, 2.05) is 43.0 Å². The molecule has 2 aromatic rings. The van der Waals surface area contributed by atoms with Crippen molar-refractivity contribution in [2.45, 2.75) is 45.1 Å². The second-order valence-corrected chi connectivity index (χ2v) is 7.15. The van der Waals surface area contributed by atoms with E-state index in [1.165, 1.54) is 0 Å². The number of rotatable bonds is 3. The zero-order valence-electron chi connectivity index (χ0n) is 14.6. The maximum Gasteiger partial charge on any atom is 0.230 e. The van der Waals surface area contributed by atoms with Crippen LogP contribution in [0.4, 0.5) is 0 Å². The molecule has 132 valence electrons. The van der Waals surface area contributed by atoms with Crippen molar-refractivity contribution in [1.29, 1.82) is 0 Å². The number of nitrogens with zero attached hydrogens (tertiary/aromatic N) is 3. The molecule has 2 unspecified atom stereocenters. The normalized spacial score (nSPS) is 22.8. The van der Waals surface area contributed by atoms with Crippen LogP contribution in [0.25, 0.3) is 0 Å². The second kappa shape index (κ2) is 6.50. The highest BCUT2D eigenvalue weighted by Crippen LogP contribution is 2.34. The van der Waals surface area contributed by atoms with Gasteiger partial charge < -0.3 is 14.2 Å². The Morgan fingerprint density at radius 1 is 1.32 bits per heavy atom. The third-order valence-electron chi connectivity index (χ3n) is 5.01. The molecule has 2 aliphatic rings. The van der Waals surface area contributed by atoms with Gasteiger partial charge >= 0.3 is 0 Å². The van der Waals surface area contributed by atoms with E-state index >= 15 is 0 Å². The van der Waals surface area contributed by atoms with Crippen LogP contribution in [0.3, 0.4) is 0 Å². The number of likely N-dealkylation sites (tertiary alicyclic amines) is 1. The second-order valence-electron chi connectivity index (χ2n) is 7.15. The number of hydrogen-bond donors (Lipinski definition) is 0. The maximum absolute atomic E-state index is 13.1. The molecular weight excluding hydrogens is 318 g/mol. The fourth-order valence-corrected chi connectivity index (χ4v) is 3.64. The lowest BCUT2D eigenvalue weighted by Crippen LogP contribution is -2.40. The summed E-state index contributed by atoms with van der Waals surface area (Å²) in [5, 5.41) is 4.12. The smallest absolute Gasteiger partial charge is 0.230 e. The van der Waals surface area contributed by atoms with Crippen LogP contribution in [0.1, 0.15) is 55.9 Å². The fourth-order valence-electron chi connectivity index (χ4n) is 3.64. The van der Waals surface area contributed by atoms with Crippen molar-refractivity contribution in [2.75, 3.05) is 13.2 Å². The van der Waals surface area contributed by atoms with Crippen molar-refractivity contribution in [1.82, 2.24) is 15.0 Å². The van der Waals surface area contributed by atoms with Gasteiger partial charge in [-0.3, -0.25) is 4.79 Å². The first-order valence-electron chi connectivity index (χ1n) is 8.98. The lowest BCUT2D eigenvalue weighted by atomic mass is 9.95. The van der Waals surface area contributed by atoms with Crippen LogP contribution in [0.5, 0.6) is 5.75 Å². The van der Waals surface area contributed by atoms with E-state index < -0.39 is 0 Å². The number of benzene rings is 1. The molecule has 0 radical (unpaired) electrons. The van der Waals surface area contributed by atoms with Gasteiger partial charge in [0.05, 0.1) is 12.0 Å². The van der Waals surface area contributed by atoms with Gasteiger partial charge in [0.1, 0.15) is 12.4 Å². The van der Waals surface area contributed by atoms with E-state index in [0.29, 0.717) is 18.3 Å². The summed E-state index contributed by atoms with van der Waals surface area (Å²) in [6, 6.07) is 7.85. The van der Waals surface area contributed by atoms with Crippen LogP contribution in [0, 0.1) is 5.92 Å². The Kier molecular flexibility index (Phi) is 4.19. The summed E-state index contributed by atoms with van der Waals surface area (Å²) in [6.45, 7) is 5.22. The van der Waals surface area contributed by atoms with Gasteiger partial charge in [-0.1, -0.05) is 37.2 Å². The molecule has 0 N–H and O–H groups in total. The Hall–Kier alpha value is -2.37. The van der Waals surface area contributed by atoms with Gasteiger partial charge in [0.25, 0.3) is 0 Å². The van der Waals surface area contributed by atoms with Gasteiger partial charge in [-0.05, 0) is 30.9 Å². The molecule has 1 amide bonds. The first-order valence-corrected chi connectivity index (χ1v) is 8.98. The molecule has 1 saturated heterocycles. The number of para-hydroxylation sites is 1. The van der Waals surface area contributed by atoms with Crippen LogP contribution >= 0.6 is 0 Å². The molecule has 0 saturated carbocycles. The molecule has 0 aliphatic carbocycles. The van der Waals surface area contributed by atoms with Crippen LogP contribution < -0.4 is 4.74 Å². The monoisotopic (exact) mass is 341 g/mol. The Labute approximate surface area is 147 Å². The van der Waals surface area contributed by atoms with E-state index in [9.17, 15) is 4.79 Å². The molecule has 1 aromatic heterocycles. The number of amides is 1. The van der Waals surface area contributed by atoms with E-state index in [1.54, 1.807) is 0 Å². The zero-order chi connectivity index (χ0) is 17.4. The van der Waals surface area contributed by atoms with Gasteiger partial charge in [-0.15, -0.1) is 0 Å². The number of carbonyl (C=O) groups is 1. The Bertz CT molecular complexity index is 771. The molecule has 1 fully saturated rings. The van der Waals surface area contributed by atoms with Gasteiger partial charge in [0, 0.05) is 12.5 Å². The molecule has 3 heterocycles. The van der Waals surface area contributed by atoms with Crippen molar-refractivity contribution in [3.05, 3.63) is 41.5 Å². The van der Waals surface area contributed by atoms with E-state index in [-0.39, 0.29) is 23.8 Å². The summed E-state index contributed by atoms with van der Waals surface area (Å²) in [4.78, 5) is 19.5. The molecule has 1 aromatic carbocycles. The van der Waals surface area contributed by atoms with Crippen molar-refractivity contribution in [2.24, 2.45) is 5.92 Å². The Balaban J connectivity index is 1.51. The van der Waals surface area contributed by atoms with Crippen molar-refractivity contribution < 1.29 is 14.1 Å². The summed E-state index contributed by atoms with van der Waals surface area (Å²) >= 11 is 0. The van der Waals surface area contributed by atoms with Crippen molar-refractivity contribution in [3.8, 4) is 5.75 Å². The molecule has 2 aliphatic heterocycles. The van der Waals surface area contributed by atoms with E-state index in [4.69, 9.17) is 9.26 Å². The third-order valence-corrected chi connectivity index (χ3v) is 5.01. The van der Waals surface area contributed by atoms with Gasteiger partial charge in [-0.25, -0.2) is 0 Å². The summed E-state index contributed by atoms with van der Waals surface area (Å²) in [5.74, 6) is 2.33. The lowest BCUT2D eigenvalue weighted by Gasteiger charge is -2.30. The van der Waals surface area contributed by atoms with E-state index in [0.717, 1.165) is 37.1 Å². The minimum absolute atomic E-state index is 0.0825. The highest BCUT2D eigenvalue weighted by atomic mass is 16.5. The van der Waals surface area contributed by atoms with Gasteiger partial charge in [0.2, 0.25) is 11.8 Å². The highest BCUT2D eigenvalue weighted by molar-refractivity contribution is 5.80. The van der Waals surface area contributed by atoms with Crippen LogP contribution in [0.15, 0.2) is 28.8 Å². The average Bonchev–Trinajstić information content (AvgIpc) is 3.29. The van der Waals surface area contributed by atoms with Crippen LogP contribution in [0.2, 0.25) is 0 Å². The van der Waals surface area contributed by atoms with Crippen molar-refractivity contribution >= 4 is 5.91 Å². The number of carbonyl (C=O) groups excluding carboxylic acids is 1.